The van der Waals surface area contributed by atoms with Crippen molar-refractivity contribution in [1.29, 1.82) is 0 Å². The molecule has 522 valence electrons. The average Bonchev–Trinajstić information content (AvgIpc) is 1.57. The van der Waals surface area contributed by atoms with Gasteiger partial charge in [0, 0.05) is 164 Å². The number of nitrogens with zero attached hydrogens (tertiary/aromatic N) is 12. The van der Waals surface area contributed by atoms with E-state index in [-0.39, 0.29) is 35.2 Å². The van der Waals surface area contributed by atoms with E-state index in [1.54, 1.807) is 12.4 Å². The van der Waals surface area contributed by atoms with Crippen molar-refractivity contribution in [2.45, 2.75) is 172 Å². The van der Waals surface area contributed by atoms with Crippen LogP contribution in [0.15, 0.2) is 55.0 Å². The van der Waals surface area contributed by atoms with Crippen LogP contribution < -0.4 is 26.7 Å². The van der Waals surface area contributed by atoms with Gasteiger partial charge in [0.25, 0.3) is 0 Å². The Kier molecular flexibility index (Phi) is 17.1. The van der Waals surface area contributed by atoms with Crippen LogP contribution in [0.1, 0.15) is 138 Å². The highest BCUT2D eigenvalue weighted by Crippen LogP contribution is 2.67. The molecular weight excluding hydrogens is 1260 g/mol. The van der Waals surface area contributed by atoms with Crippen molar-refractivity contribution in [3.63, 3.8) is 0 Å². The zero-order chi connectivity index (χ0) is 67.0. The molecule has 12 heterocycles. The minimum atomic E-state index is -4.54. The van der Waals surface area contributed by atoms with Crippen LogP contribution in [0.5, 0.6) is 11.5 Å². The van der Waals surface area contributed by atoms with Crippen LogP contribution in [-0.4, -0.2) is 168 Å². The summed E-state index contributed by atoms with van der Waals surface area (Å²) in [5.41, 5.74) is 23.3. The van der Waals surface area contributed by atoms with Gasteiger partial charge in [-0.05, 0) is 157 Å². The van der Waals surface area contributed by atoms with Gasteiger partial charge in [-0.1, -0.05) is 0 Å². The minimum absolute atomic E-state index is 0.0439. The van der Waals surface area contributed by atoms with Crippen LogP contribution >= 0.6 is 0 Å². The fraction of sp³-hybridized carbons (Fsp3) is 0.657. The van der Waals surface area contributed by atoms with Gasteiger partial charge in [-0.25, -0.2) is 15.0 Å². The molecule has 0 radical (unpaired) electrons. The van der Waals surface area contributed by atoms with Gasteiger partial charge in [-0.15, -0.1) is 0 Å². The lowest BCUT2D eigenvalue weighted by molar-refractivity contribution is -0.188. The fourth-order valence-electron chi connectivity index (χ4n) is 18.7. The summed E-state index contributed by atoms with van der Waals surface area (Å²) in [5.74, 6) is 6.90. The highest BCUT2D eigenvalue weighted by atomic mass is 19.4. The summed E-state index contributed by atoms with van der Waals surface area (Å²) >= 11 is 0. The molecule has 6 N–H and O–H groups in total. The molecule has 0 spiro atoms. The van der Waals surface area contributed by atoms with Crippen molar-refractivity contribution in [3.05, 3.63) is 77.6 Å². The number of hydrogen-bond acceptors (Lipinski definition) is 17. The molecule has 0 aromatic carbocycles. The van der Waals surface area contributed by atoms with E-state index in [1.165, 1.54) is 101 Å². The number of morpholine rings is 2. The molecular formula is C70H88F7N15O5. The largest absolute Gasteiger partial charge is 0.431 e. The zero-order valence-electron chi connectivity index (χ0n) is 55.2. The topological polar surface area (TPSA) is 226 Å². The minimum Gasteiger partial charge on any atom is -0.431 e. The zero-order valence-corrected chi connectivity index (χ0v) is 55.2. The Morgan fingerprint density at radius 3 is 1.37 bits per heavy atom. The van der Waals surface area contributed by atoms with Gasteiger partial charge in [-0.2, -0.15) is 46.0 Å². The van der Waals surface area contributed by atoms with E-state index in [2.05, 4.69) is 88.3 Å². The molecule has 13 fully saturated rings. The second-order valence-corrected chi connectivity index (χ2v) is 30.4. The average molecular weight is 1350 g/mol. The van der Waals surface area contributed by atoms with E-state index in [4.69, 9.17) is 46.7 Å². The lowest BCUT2D eigenvalue weighted by Crippen LogP contribution is -2.59. The normalized spacial score (nSPS) is 32.4. The maximum absolute atomic E-state index is 13.3. The van der Waals surface area contributed by atoms with Crippen molar-refractivity contribution in [2.24, 2.45) is 53.3 Å². The number of nitrogen functional groups attached to an aromatic ring is 3. The monoisotopic (exact) mass is 1350 g/mol. The van der Waals surface area contributed by atoms with Gasteiger partial charge in [0.2, 0.25) is 0 Å². The molecule has 6 aliphatic heterocycles. The lowest BCUT2D eigenvalue weighted by Gasteiger charge is -2.49. The number of pyridine rings is 3. The first-order valence-corrected chi connectivity index (χ1v) is 35.2. The third kappa shape index (κ3) is 13.0. The number of halogens is 7. The number of ether oxygens (including phenoxy) is 5. The molecule has 27 heteroatoms. The van der Waals surface area contributed by atoms with E-state index in [0.717, 1.165) is 82.3 Å². The molecule has 6 aromatic heterocycles. The Labute approximate surface area is 559 Å². The molecule has 13 aliphatic rings. The van der Waals surface area contributed by atoms with Crippen LogP contribution in [0.25, 0.3) is 33.8 Å². The molecule has 20 nitrogen and oxygen atoms in total. The fourth-order valence-corrected chi connectivity index (χ4v) is 18.7. The molecule has 16 atom stereocenters. The predicted molar refractivity (Wildman–Crippen MR) is 346 cm³/mol. The summed E-state index contributed by atoms with van der Waals surface area (Å²) in [6.45, 7) is 13.5. The standard InChI is InChI=1S/C24H30F3N5O.2C23H29F2N5O2/c1-12(2)32-21(6-20(30-32)13-3-19(24(25,26)27)23(28)29-7-13)22-17-4-16(5-18(17)22)31-8-14-10-33-11-15(14)9-31;1-11(2)30-19(7-18(28-30)12-3-20(32-23(24)25)22(26)27-8-12)21-16-4-13(5-17(16)21)29-9-14-6-15(10-29)31-14;24-23(25)32-20-7-14(11-27-22(20)26)18-10-19(30(28-18)12-13-1-2-13)21-16-8-15(9-17(16)21)29-3-5-31-6-4-29/h3,6-7,12,14-18,22H,4-5,8-11H2,1-2H3,(H2,28,29);3,7-8,11,13-17,21,23H,4-6,9-10H2,1-2H3,(H2,26,27);7,10-11,13,15-17,21,23H,1-6,8-9,12H2,(H2,26,27)/t14?,15?,16?,17-,18+,22?;13?,14?,15?,16-,17+,21?;15?,16-,17+,21?. The molecule has 2 bridgehead atoms. The van der Waals surface area contributed by atoms with E-state index < -0.39 is 30.8 Å². The molecule has 6 saturated heterocycles. The Morgan fingerprint density at radius 1 is 0.515 bits per heavy atom. The van der Waals surface area contributed by atoms with Crippen molar-refractivity contribution in [2.75, 3.05) is 82.9 Å². The summed E-state index contributed by atoms with van der Waals surface area (Å²) in [5, 5.41) is 14.4. The first-order valence-electron chi connectivity index (χ1n) is 35.2. The molecule has 6 aromatic rings. The first-order chi connectivity index (χ1) is 46.6. The Balaban J connectivity index is 0.000000114. The van der Waals surface area contributed by atoms with Crippen LogP contribution in [0.2, 0.25) is 0 Å². The van der Waals surface area contributed by atoms with Gasteiger partial charge >= 0.3 is 19.4 Å². The summed E-state index contributed by atoms with van der Waals surface area (Å²) < 4.78 is 123. The quantitative estimate of drug-likeness (QED) is 0.0722. The Hall–Kier alpha value is -6.65. The van der Waals surface area contributed by atoms with Crippen LogP contribution in [-0.2, 0) is 26.9 Å². The Bertz CT molecular complexity index is 3790. The number of aromatic nitrogens is 9. The first kappa shape index (κ1) is 65.0. The van der Waals surface area contributed by atoms with E-state index in [1.807, 2.05) is 10.7 Å². The number of fused-ring (bicyclic) bond motifs is 6. The van der Waals surface area contributed by atoms with Gasteiger partial charge in [0.05, 0.1) is 61.3 Å². The maximum atomic E-state index is 13.3. The van der Waals surface area contributed by atoms with Crippen molar-refractivity contribution in [1.82, 2.24) is 59.0 Å². The smallest absolute Gasteiger partial charge is 0.419 e. The highest BCUT2D eigenvalue weighted by molar-refractivity contribution is 5.66. The molecule has 0 amide bonds. The number of hydrogen-bond donors (Lipinski definition) is 3. The SMILES string of the molecule is CC(C)n1nc(-c2cnc(N)c(C(F)(F)F)c2)cc1C1[C@H]2CC(N3CC4COCC4C3)C[C@@H]12.CC(C)n1nc(-c2cnc(N)c(OC(F)F)c2)cc1C1[C@H]2CC(N3CC4CC(C3)O4)C[C@@H]12.Nc1ncc(-c2cc(C3[C@H]4CC(N5CCOCC5)C[C@@H]34)n(CC3CC3)n2)cc1OC(F)F. The predicted octanol–water partition coefficient (Wildman–Crippen LogP) is 11.2. The third-order valence-corrected chi connectivity index (χ3v) is 23.7. The summed E-state index contributed by atoms with van der Waals surface area (Å²) in [6.07, 6.45) is 12.0. The Morgan fingerprint density at radius 2 is 0.928 bits per heavy atom. The van der Waals surface area contributed by atoms with Gasteiger partial charge < -0.3 is 40.9 Å². The number of anilines is 3. The van der Waals surface area contributed by atoms with Crippen LogP contribution in [0.3, 0.4) is 0 Å². The summed E-state index contributed by atoms with van der Waals surface area (Å²) in [4.78, 5) is 19.8. The molecule has 7 saturated carbocycles. The van der Waals surface area contributed by atoms with E-state index in [9.17, 15) is 30.7 Å². The summed E-state index contributed by atoms with van der Waals surface area (Å²) in [7, 11) is 0. The van der Waals surface area contributed by atoms with Crippen molar-refractivity contribution in [3.8, 4) is 45.3 Å². The van der Waals surface area contributed by atoms with E-state index in [0.29, 0.717) is 124 Å². The molecule has 97 heavy (non-hydrogen) atoms. The number of alkyl halides is 7. The van der Waals surface area contributed by atoms with Gasteiger partial charge in [0.1, 0.15) is 5.82 Å². The number of nitrogens with two attached hydrogens (primary N) is 3. The molecule has 10 unspecified atom stereocenters. The second-order valence-electron chi connectivity index (χ2n) is 30.4. The summed E-state index contributed by atoms with van der Waals surface area (Å²) in [6, 6.07) is 12.7. The maximum Gasteiger partial charge on any atom is 0.419 e. The second kappa shape index (κ2) is 25.5. The van der Waals surface area contributed by atoms with Crippen LogP contribution in [0, 0.1) is 53.3 Å². The van der Waals surface area contributed by atoms with Gasteiger partial charge in [-0.3, -0.25) is 28.7 Å². The lowest BCUT2D eigenvalue weighted by atomic mass is 9.94. The number of likely N-dealkylation sites (tertiary alicyclic amines) is 1. The third-order valence-electron chi connectivity index (χ3n) is 23.7. The van der Waals surface area contributed by atoms with Gasteiger partial charge in [0.15, 0.2) is 23.1 Å². The van der Waals surface area contributed by atoms with Crippen molar-refractivity contribution >= 4 is 17.5 Å². The highest BCUT2D eigenvalue weighted by Gasteiger charge is 2.62. The van der Waals surface area contributed by atoms with Crippen LogP contribution in [0.4, 0.5) is 48.2 Å². The van der Waals surface area contributed by atoms with E-state index >= 15 is 0 Å². The number of piperidine rings is 1. The number of rotatable bonds is 17. The van der Waals surface area contributed by atoms with Crippen molar-refractivity contribution < 1.29 is 54.4 Å². The molecule has 19 rings (SSSR count). The molecule has 7 aliphatic carbocycles.